The number of carbonyl (C=O) groups is 1. The smallest absolute Gasteiger partial charge is 0.321 e. The number of thiol groups is 3. The molecular weight excluding hydrogens is 320 g/mol. The predicted octanol–water partition coefficient (Wildman–Crippen LogP) is 3.02. The van der Waals surface area contributed by atoms with E-state index in [1.165, 1.54) is 0 Å². The van der Waals surface area contributed by atoms with E-state index in [-0.39, 0.29) is 6.61 Å². The lowest BCUT2D eigenvalue weighted by Gasteiger charge is -2.40. The van der Waals surface area contributed by atoms with E-state index >= 15 is 0 Å². The molecule has 0 aromatic rings. The van der Waals surface area contributed by atoms with Crippen molar-refractivity contribution in [2.24, 2.45) is 0 Å². The lowest BCUT2D eigenvalue weighted by molar-refractivity contribution is -0.141. The van der Waals surface area contributed by atoms with Crippen LogP contribution in [-0.4, -0.2) is 36.5 Å². The van der Waals surface area contributed by atoms with Gasteiger partial charge in [0.15, 0.2) is 0 Å². The molecule has 19 heavy (non-hydrogen) atoms. The highest BCUT2D eigenvalue weighted by Gasteiger charge is 2.50. The minimum atomic E-state index is -1.33. The Morgan fingerprint density at radius 1 is 1.26 bits per heavy atom. The van der Waals surface area contributed by atoms with Crippen LogP contribution in [0.25, 0.3) is 0 Å². The number of hydrogen-bond donors (Lipinski definition) is 5. The van der Waals surface area contributed by atoms with Gasteiger partial charge in [0.1, 0.15) is 4.75 Å². The maximum Gasteiger partial charge on any atom is 0.321 e. The molecule has 2 N–H and O–H groups in total. The molecule has 0 aliphatic rings. The number of hydrogen-bond acceptors (Lipinski definition) is 5. The molecule has 0 spiro atoms. The second-order valence-electron chi connectivity index (χ2n) is 4.66. The zero-order chi connectivity index (χ0) is 15.1. The molecule has 0 heterocycles. The SMILES string of the molecule is CCC(S)(CO)C(S)(CCCCCC(=S)S)C(=O)O. The van der Waals surface area contributed by atoms with Crippen LogP contribution in [0.2, 0.25) is 0 Å². The fourth-order valence-electron chi connectivity index (χ4n) is 1.91. The summed E-state index contributed by atoms with van der Waals surface area (Å²) in [4.78, 5) is 11.5. The molecule has 7 heteroatoms. The topological polar surface area (TPSA) is 57.5 Å². The Morgan fingerprint density at radius 3 is 2.21 bits per heavy atom. The molecule has 0 amide bonds. The third kappa shape index (κ3) is 5.46. The van der Waals surface area contributed by atoms with Crippen LogP contribution < -0.4 is 0 Å². The number of aliphatic hydroxyl groups is 1. The fourth-order valence-corrected chi connectivity index (χ4v) is 2.80. The van der Waals surface area contributed by atoms with Crippen molar-refractivity contribution in [3.05, 3.63) is 0 Å². The average Bonchev–Trinajstić information content (AvgIpc) is 2.36. The first-order chi connectivity index (χ1) is 8.73. The molecule has 2 unspecified atom stereocenters. The second kappa shape index (κ2) is 8.77. The normalized spacial score (nSPS) is 17.5. The van der Waals surface area contributed by atoms with E-state index in [1.807, 2.05) is 0 Å². The Balaban J connectivity index is 4.57. The van der Waals surface area contributed by atoms with Gasteiger partial charge in [-0.15, -0.1) is 12.6 Å². The first kappa shape index (κ1) is 19.6. The summed E-state index contributed by atoms with van der Waals surface area (Å²) in [5.41, 5.74) is 0. The maximum absolute atomic E-state index is 11.5. The molecule has 0 aliphatic carbocycles. The Kier molecular flexibility index (Phi) is 9.03. The first-order valence-electron chi connectivity index (χ1n) is 6.24. The van der Waals surface area contributed by atoms with Crippen LogP contribution >= 0.6 is 50.1 Å². The molecule has 0 fully saturated rings. The van der Waals surface area contributed by atoms with Crippen LogP contribution in [0.5, 0.6) is 0 Å². The number of unbranched alkanes of at least 4 members (excludes halogenated alkanes) is 2. The summed E-state index contributed by atoms with van der Waals surface area (Å²) in [7, 11) is 0. The van der Waals surface area contributed by atoms with Gasteiger partial charge in [-0.3, -0.25) is 4.79 Å². The summed E-state index contributed by atoms with van der Waals surface area (Å²) in [6.07, 6.45) is 4.00. The highest BCUT2D eigenvalue weighted by molar-refractivity contribution is 8.11. The summed E-state index contributed by atoms with van der Waals surface area (Å²) >= 11 is 17.6. The third-order valence-electron chi connectivity index (χ3n) is 3.40. The van der Waals surface area contributed by atoms with Gasteiger partial charge in [-0.1, -0.05) is 32.0 Å². The van der Waals surface area contributed by atoms with E-state index in [0.717, 1.165) is 19.3 Å². The molecule has 0 aliphatic heterocycles. The van der Waals surface area contributed by atoms with Crippen LogP contribution in [0.4, 0.5) is 0 Å². The highest BCUT2D eigenvalue weighted by atomic mass is 32.1. The summed E-state index contributed by atoms with van der Waals surface area (Å²) < 4.78 is -1.69. The molecule has 2 atom stereocenters. The van der Waals surface area contributed by atoms with E-state index in [4.69, 9.17) is 12.2 Å². The number of aliphatic carboxylic acids is 1. The summed E-state index contributed by atoms with van der Waals surface area (Å²) in [6, 6.07) is 0. The minimum Gasteiger partial charge on any atom is -0.480 e. The second-order valence-corrected chi connectivity index (χ2v) is 7.62. The van der Waals surface area contributed by atoms with Crippen molar-refractivity contribution in [3.63, 3.8) is 0 Å². The molecular formula is C12H22O3S4. The summed E-state index contributed by atoms with van der Waals surface area (Å²) in [6.45, 7) is 1.49. The molecule has 0 saturated carbocycles. The summed E-state index contributed by atoms with van der Waals surface area (Å²) in [5, 5.41) is 18.8. The zero-order valence-electron chi connectivity index (χ0n) is 11.0. The molecule has 0 rings (SSSR count). The van der Waals surface area contributed by atoms with Crippen LogP contribution in [0, 0.1) is 0 Å². The lowest BCUT2D eigenvalue weighted by Crippen LogP contribution is -2.54. The average molecular weight is 343 g/mol. The van der Waals surface area contributed by atoms with Crippen molar-refractivity contribution >= 4 is 60.3 Å². The largest absolute Gasteiger partial charge is 0.480 e. The zero-order valence-corrected chi connectivity index (χ0v) is 14.5. The Hall–Kier alpha value is 0.570. The minimum absolute atomic E-state index is 0.316. The molecule has 112 valence electrons. The van der Waals surface area contributed by atoms with Crippen LogP contribution in [0.15, 0.2) is 0 Å². The Labute approximate surface area is 136 Å². The molecule has 0 aromatic heterocycles. The number of aliphatic hydroxyl groups excluding tert-OH is 1. The van der Waals surface area contributed by atoms with E-state index in [0.29, 0.717) is 23.5 Å². The van der Waals surface area contributed by atoms with Gasteiger partial charge in [-0.25, -0.2) is 0 Å². The molecule has 0 saturated heterocycles. The van der Waals surface area contributed by atoms with Crippen molar-refractivity contribution in [1.29, 1.82) is 0 Å². The Morgan fingerprint density at radius 2 is 1.84 bits per heavy atom. The van der Waals surface area contributed by atoms with Gasteiger partial charge >= 0.3 is 5.97 Å². The molecule has 3 nitrogen and oxygen atoms in total. The molecule has 0 aromatic carbocycles. The van der Waals surface area contributed by atoms with Gasteiger partial charge in [-0.2, -0.15) is 25.3 Å². The van der Waals surface area contributed by atoms with Crippen LogP contribution in [-0.2, 0) is 4.79 Å². The summed E-state index contributed by atoms with van der Waals surface area (Å²) in [5.74, 6) is -1.04. The Bertz CT molecular complexity index is 318. The van der Waals surface area contributed by atoms with E-state index in [9.17, 15) is 15.0 Å². The fraction of sp³-hybridized carbons (Fsp3) is 0.833. The third-order valence-corrected chi connectivity index (χ3v) is 5.69. The van der Waals surface area contributed by atoms with Gasteiger partial charge < -0.3 is 10.2 Å². The van der Waals surface area contributed by atoms with Gasteiger partial charge in [0.2, 0.25) is 0 Å². The van der Waals surface area contributed by atoms with E-state index in [1.54, 1.807) is 6.92 Å². The number of carboxylic acids is 1. The highest BCUT2D eigenvalue weighted by Crippen LogP contribution is 2.41. The van der Waals surface area contributed by atoms with Gasteiger partial charge in [0, 0.05) is 4.20 Å². The predicted molar refractivity (Wildman–Crippen MR) is 93.1 cm³/mol. The van der Waals surface area contributed by atoms with E-state index in [2.05, 4.69) is 37.9 Å². The number of rotatable bonds is 10. The van der Waals surface area contributed by atoms with E-state index < -0.39 is 15.5 Å². The number of carboxylic acid groups (broad SMARTS) is 1. The van der Waals surface area contributed by atoms with Crippen molar-refractivity contribution in [3.8, 4) is 0 Å². The quantitative estimate of drug-likeness (QED) is 0.241. The van der Waals surface area contributed by atoms with Crippen LogP contribution in [0.1, 0.15) is 45.4 Å². The van der Waals surface area contributed by atoms with Crippen molar-refractivity contribution < 1.29 is 15.0 Å². The lowest BCUT2D eigenvalue weighted by atomic mass is 9.84. The van der Waals surface area contributed by atoms with Gasteiger partial charge in [0.25, 0.3) is 0 Å². The monoisotopic (exact) mass is 342 g/mol. The molecule has 0 radical (unpaired) electrons. The van der Waals surface area contributed by atoms with Gasteiger partial charge in [0.05, 0.1) is 11.4 Å². The van der Waals surface area contributed by atoms with Crippen molar-refractivity contribution in [2.45, 2.75) is 54.9 Å². The van der Waals surface area contributed by atoms with Crippen molar-refractivity contribution in [2.75, 3.05) is 6.61 Å². The van der Waals surface area contributed by atoms with Gasteiger partial charge in [-0.05, 0) is 25.7 Å². The molecule has 0 bridgehead atoms. The number of thiocarbonyl (C=S) groups is 1. The first-order valence-corrected chi connectivity index (χ1v) is 7.99. The maximum atomic E-state index is 11.5. The van der Waals surface area contributed by atoms with Crippen LogP contribution in [0.3, 0.4) is 0 Å². The standard InChI is InChI=1S/C12H22O3S4/c1-2-11(18,8-13)12(19,10(14)15)7-5-3-4-6-9(16)17/h13,18-19H,2-8H2,1H3,(H,14,15)(H,16,17). The van der Waals surface area contributed by atoms with Crippen molar-refractivity contribution in [1.82, 2.24) is 0 Å².